The molecule has 0 spiro atoms. The molecule has 3 rings (SSSR count). The van der Waals surface area contributed by atoms with Crippen LogP contribution in [-0.2, 0) is 9.59 Å². The minimum Gasteiger partial charge on any atom is -0.491 e. The summed E-state index contributed by atoms with van der Waals surface area (Å²) >= 11 is 0. The molecule has 1 fully saturated rings. The fourth-order valence-corrected chi connectivity index (χ4v) is 3.30. The molecule has 5 heteroatoms. The molecule has 0 radical (unpaired) electrons. The minimum atomic E-state index is -0.863. The smallest absolute Gasteiger partial charge is 0.307 e. The predicted octanol–water partition coefficient (Wildman–Crippen LogP) is 2.13. The number of rotatable bonds is 3. The Balaban J connectivity index is 1.70. The number of carboxylic acid groups (broad SMARTS) is 1. The number of benzene rings is 1. The summed E-state index contributed by atoms with van der Waals surface area (Å²) in [6.07, 6.45) is 3.04. The summed E-state index contributed by atoms with van der Waals surface area (Å²) in [5.74, 6) is -1.22. The number of hydrogen-bond acceptors (Lipinski definition) is 3. The summed E-state index contributed by atoms with van der Waals surface area (Å²) in [5, 5.41) is 12.2. The Kier molecular flexibility index (Phi) is 3.82. The molecule has 1 aliphatic carbocycles. The van der Waals surface area contributed by atoms with Gasteiger partial charge in [-0.25, -0.2) is 0 Å². The van der Waals surface area contributed by atoms with Gasteiger partial charge in [0.15, 0.2) is 0 Å². The quantitative estimate of drug-likeness (QED) is 0.893. The second-order valence-electron chi connectivity index (χ2n) is 5.75. The highest BCUT2D eigenvalue weighted by Gasteiger charge is 2.37. The van der Waals surface area contributed by atoms with Gasteiger partial charge in [0.1, 0.15) is 12.4 Å². The SMILES string of the molecule is O=C(N[C@H]1COc2ccccc21)[C@H]1CCCC[C@H]1C(=O)O. The molecular formula is C16H19NO4. The van der Waals surface area contributed by atoms with E-state index in [1.165, 1.54) is 0 Å². The van der Waals surface area contributed by atoms with Crippen molar-refractivity contribution in [2.75, 3.05) is 6.61 Å². The van der Waals surface area contributed by atoms with Gasteiger partial charge in [0, 0.05) is 5.56 Å². The van der Waals surface area contributed by atoms with Gasteiger partial charge in [-0.05, 0) is 18.9 Å². The van der Waals surface area contributed by atoms with Gasteiger partial charge in [-0.2, -0.15) is 0 Å². The Morgan fingerprint density at radius 1 is 1.14 bits per heavy atom. The van der Waals surface area contributed by atoms with Crippen LogP contribution in [0.25, 0.3) is 0 Å². The molecule has 1 aromatic carbocycles. The van der Waals surface area contributed by atoms with E-state index in [2.05, 4.69) is 5.32 Å². The summed E-state index contributed by atoms with van der Waals surface area (Å²) in [4.78, 5) is 23.7. The van der Waals surface area contributed by atoms with E-state index in [0.29, 0.717) is 19.4 Å². The van der Waals surface area contributed by atoms with Crippen LogP contribution < -0.4 is 10.1 Å². The summed E-state index contributed by atoms with van der Waals surface area (Å²) in [6, 6.07) is 7.44. The number of fused-ring (bicyclic) bond motifs is 1. The topological polar surface area (TPSA) is 75.6 Å². The van der Waals surface area contributed by atoms with Gasteiger partial charge in [0.25, 0.3) is 0 Å². The Morgan fingerprint density at radius 3 is 2.62 bits per heavy atom. The zero-order valence-electron chi connectivity index (χ0n) is 11.7. The van der Waals surface area contributed by atoms with Crippen molar-refractivity contribution in [1.82, 2.24) is 5.32 Å². The Bertz CT molecular complexity index is 557. The second-order valence-corrected chi connectivity index (χ2v) is 5.75. The number of carboxylic acids is 1. The van der Waals surface area contributed by atoms with Crippen molar-refractivity contribution in [3.05, 3.63) is 29.8 Å². The number of hydrogen-bond donors (Lipinski definition) is 2. The lowest BCUT2D eigenvalue weighted by Gasteiger charge is -2.28. The fraction of sp³-hybridized carbons (Fsp3) is 0.500. The molecule has 1 amide bonds. The average Bonchev–Trinajstić information content (AvgIpc) is 2.90. The second kappa shape index (κ2) is 5.76. The maximum Gasteiger partial charge on any atom is 0.307 e. The van der Waals surface area contributed by atoms with Crippen molar-refractivity contribution in [2.45, 2.75) is 31.7 Å². The molecular weight excluding hydrogens is 270 g/mol. The first kappa shape index (κ1) is 13.9. The Hall–Kier alpha value is -2.04. The van der Waals surface area contributed by atoms with Crippen LogP contribution in [0.1, 0.15) is 37.3 Å². The van der Waals surface area contributed by atoms with Crippen LogP contribution in [0.2, 0.25) is 0 Å². The minimum absolute atomic E-state index is 0.160. The summed E-state index contributed by atoms with van der Waals surface area (Å²) in [5.41, 5.74) is 0.966. The van der Waals surface area contributed by atoms with Crippen LogP contribution in [0.4, 0.5) is 0 Å². The number of amides is 1. The van der Waals surface area contributed by atoms with Crippen LogP contribution in [0.15, 0.2) is 24.3 Å². The largest absolute Gasteiger partial charge is 0.491 e. The van der Waals surface area contributed by atoms with Gasteiger partial charge in [0.05, 0.1) is 17.9 Å². The van der Waals surface area contributed by atoms with Gasteiger partial charge < -0.3 is 15.2 Å². The monoisotopic (exact) mass is 289 g/mol. The van der Waals surface area contributed by atoms with Crippen molar-refractivity contribution in [3.63, 3.8) is 0 Å². The van der Waals surface area contributed by atoms with Crippen LogP contribution >= 0.6 is 0 Å². The van der Waals surface area contributed by atoms with Crippen LogP contribution in [-0.4, -0.2) is 23.6 Å². The van der Waals surface area contributed by atoms with Crippen LogP contribution in [0.5, 0.6) is 5.75 Å². The fourth-order valence-electron chi connectivity index (χ4n) is 3.30. The molecule has 1 aromatic rings. The molecule has 0 aromatic heterocycles. The lowest BCUT2D eigenvalue weighted by atomic mass is 9.78. The molecule has 0 saturated heterocycles. The first-order chi connectivity index (χ1) is 10.2. The number of para-hydroxylation sites is 1. The highest BCUT2D eigenvalue weighted by atomic mass is 16.5. The zero-order valence-corrected chi connectivity index (χ0v) is 11.7. The van der Waals surface area contributed by atoms with E-state index in [4.69, 9.17) is 4.74 Å². The molecule has 1 saturated carbocycles. The predicted molar refractivity (Wildman–Crippen MR) is 75.9 cm³/mol. The summed E-state index contributed by atoms with van der Waals surface area (Å²) in [6.45, 7) is 0.412. The van der Waals surface area contributed by atoms with Crippen LogP contribution in [0, 0.1) is 11.8 Å². The molecule has 21 heavy (non-hydrogen) atoms. The van der Waals surface area contributed by atoms with Gasteiger partial charge in [-0.3, -0.25) is 9.59 Å². The van der Waals surface area contributed by atoms with Gasteiger partial charge in [0.2, 0.25) is 5.91 Å². The maximum absolute atomic E-state index is 12.4. The molecule has 0 bridgehead atoms. The molecule has 1 aliphatic heterocycles. The summed E-state index contributed by atoms with van der Waals surface area (Å²) < 4.78 is 5.54. The highest BCUT2D eigenvalue weighted by Crippen LogP contribution is 2.34. The Morgan fingerprint density at radius 2 is 1.86 bits per heavy atom. The Labute approximate surface area is 123 Å². The van der Waals surface area contributed by atoms with Crippen LogP contribution in [0.3, 0.4) is 0 Å². The van der Waals surface area contributed by atoms with Gasteiger partial charge in [-0.15, -0.1) is 0 Å². The first-order valence-corrected chi connectivity index (χ1v) is 7.41. The van der Waals surface area contributed by atoms with Gasteiger partial charge in [-0.1, -0.05) is 31.0 Å². The van der Waals surface area contributed by atoms with E-state index in [-0.39, 0.29) is 11.9 Å². The molecule has 2 aliphatic rings. The van der Waals surface area contributed by atoms with E-state index in [9.17, 15) is 14.7 Å². The first-order valence-electron chi connectivity index (χ1n) is 7.41. The zero-order chi connectivity index (χ0) is 14.8. The number of nitrogens with one attached hydrogen (secondary N) is 1. The average molecular weight is 289 g/mol. The third-order valence-electron chi connectivity index (χ3n) is 4.44. The van der Waals surface area contributed by atoms with Crippen molar-refractivity contribution in [3.8, 4) is 5.75 Å². The van der Waals surface area contributed by atoms with Crippen molar-refractivity contribution in [2.24, 2.45) is 11.8 Å². The normalized spacial score (nSPS) is 27.5. The summed E-state index contributed by atoms with van der Waals surface area (Å²) in [7, 11) is 0. The molecule has 112 valence electrons. The lowest BCUT2D eigenvalue weighted by Crippen LogP contribution is -2.41. The number of carbonyl (C=O) groups is 2. The third-order valence-corrected chi connectivity index (χ3v) is 4.44. The molecule has 3 atom stereocenters. The van der Waals surface area contributed by atoms with E-state index in [1.54, 1.807) is 0 Å². The van der Waals surface area contributed by atoms with Crippen molar-refractivity contribution >= 4 is 11.9 Å². The standard InChI is InChI=1S/C16H19NO4/c18-15(10-5-1-2-6-11(10)16(19)20)17-13-9-21-14-8-4-3-7-12(13)14/h3-4,7-8,10-11,13H,1-2,5-6,9H2,(H,17,18)(H,19,20)/t10-,11+,13-/m0/s1. The van der Waals surface area contributed by atoms with E-state index >= 15 is 0 Å². The highest BCUT2D eigenvalue weighted by molar-refractivity contribution is 5.85. The lowest BCUT2D eigenvalue weighted by molar-refractivity contribution is -0.149. The van der Waals surface area contributed by atoms with E-state index in [1.807, 2.05) is 24.3 Å². The van der Waals surface area contributed by atoms with E-state index < -0.39 is 17.8 Å². The van der Waals surface area contributed by atoms with Crippen molar-refractivity contribution in [1.29, 1.82) is 0 Å². The number of carbonyl (C=O) groups excluding carboxylic acids is 1. The molecule has 1 heterocycles. The molecule has 0 unspecified atom stereocenters. The maximum atomic E-state index is 12.4. The number of aliphatic carboxylic acids is 1. The van der Waals surface area contributed by atoms with E-state index in [0.717, 1.165) is 24.2 Å². The van der Waals surface area contributed by atoms with Gasteiger partial charge >= 0.3 is 5.97 Å². The molecule has 2 N–H and O–H groups in total. The molecule has 5 nitrogen and oxygen atoms in total. The third kappa shape index (κ3) is 2.73. The number of ether oxygens (including phenoxy) is 1. The van der Waals surface area contributed by atoms with Crippen molar-refractivity contribution < 1.29 is 19.4 Å².